The lowest BCUT2D eigenvalue weighted by atomic mass is 10.2. The van der Waals surface area contributed by atoms with Crippen molar-refractivity contribution in [3.8, 4) is 0 Å². The van der Waals surface area contributed by atoms with Crippen LogP contribution in [0.25, 0.3) is 0 Å². The second-order valence-electron chi connectivity index (χ2n) is 5.45. The average Bonchev–Trinajstić information content (AvgIpc) is 3.16. The van der Waals surface area contributed by atoms with E-state index in [0.29, 0.717) is 29.6 Å². The molecule has 2 aromatic rings. The predicted octanol–water partition coefficient (Wildman–Crippen LogP) is 2.47. The summed E-state index contributed by atoms with van der Waals surface area (Å²) in [6.45, 7) is 4.24. The fourth-order valence-corrected chi connectivity index (χ4v) is 4.41. The molecular weight excluding hydrogens is 302 g/mol. The van der Waals surface area contributed by atoms with Gasteiger partial charge in [-0.15, -0.1) is 0 Å². The minimum atomic E-state index is -3.55. The summed E-state index contributed by atoms with van der Waals surface area (Å²) in [7, 11) is -3.55. The zero-order chi connectivity index (χ0) is 15.7. The highest BCUT2D eigenvalue weighted by Gasteiger charge is 2.39. The van der Waals surface area contributed by atoms with E-state index in [1.165, 1.54) is 4.31 Å². The van der Waals surface area contributed by atoms with Crippen molar-refractivity contribution in [1.29, 1.82) is 0 Å². The monoisotopic (exact) mass is 321 g/mol. The lowest BCUT2D eigenvalue weighted by molar-refractivity contribution is 0.289. The molecule has 2 heterocycles. The van der Waals surface area contributed by atoms with Crippen LogP contribution >= 0.6 is 0 Å². The molecule has 0 bridgehead atoms. The Kier molecular flexibility index (Phi) is 4.01. The number of sulfonamides is 1. The van der Waals surface area contributed by atoms with Gasteiger partial charge in [0.25, 0.3) is 0 Å². The number of hydrogen-bond donors (Lipinski definition) is 0. The topological polar surface area (TPSA) is 76.3 Å². The van der Waals surface area contributed by atoms with Crippen LogP contribution in [0.3, 0.4) is 0 Å². The summed E-state index contributed by atoms with van der Waals surface area (Å²) in [5.41, 5.74) is 1.12. The van der Waals surface area contributed by atoms with Crippen LogP contribution in [0.15, 0.2) is 33.7 Å². The van der Waals surface area contributed by atoms with Gasteiger partial charge in [0.15, 0.2) is 5.82 Å². The van der Waals surface area contributed by atoms with Crippen LogP contribution in [-0.4, -0.2) is 29.4 Å². The van der Waals surface area contributed by atoms with E-state index < -0.39 is 10.0 Å². The number of hydrogen-bond acceptors (Lipinski definition) is 5. The maximum Gasteiger partial charge on any atom is 0.245 e. The van der Waals surface area contributed by atoms with E-state index in [9.17, 15) is 8.42 Å². The zero-order valence-electron chi connectivity index (χ0n) is 12.7. The van der Waals surface area contributed by atoms with Gasteiger partial charge in [-0.25, -0.2) is 8.42 Å². The Morgan fingerprint density at radius 1 is 1.32 bits per heavy atom. The van der Waals surface area contributed by atoms with E-state index in [2.05, 4.69) is 10.1 Å². The van der Waals surface area contributed by atoms with Crippen molar-refractivity contribution in [3.05, 3.63) is 41.5 Å². The number of aryl methyl sites for hydroxylation is 2. The molecule has 7 heteroatoms. The first-order chi connectivity index (χ1) is 10.5. The normalized spacial score (nSPS) is 19.6. The summed E-state index contributed by atoms with van der Waals surface area (Å²) < 4.78 is 32.4. The van der Waals surface area contributed by atoms with Gasteiger partial charge in [-0.05, 0) is 43.9 Å². The van der Waals surface area contributed by atoms with Gasteiger partial charge >= 0.3 is 0 Å². The van der Waals surface area contributed by atoms with E-state index in [0.717, 1.165) is 18.4 Å². The Hall–Kier alpha value is -1.73. The van der Waals surface area contributed by atoms with E-state index in [1.807, 2.05) is 19.1 Å². The number of rotatable bonds is 4. The van der Waals surface area contributed by atoms with Crippen LogP contribution in [0.5, 0.6) is 0 Å². The molecule has 0 radical (unpaired) electrons. The number of benzene rings is 1. The van der Waals surface area contributed by atoms with Gasteiger partial charge in [-0.2, -0.15) is 9.29 Å². The quantitative estimate of drug-likeness (QED) is 0.864. The van der Waals surface area contributed by atoms with Gasteiger partial charge < -0.3 is 4.52 Å². The summed E-state index contributed by atoms with van der Waals surface area (Å²) >= 11 is 0. The Bertz CT molecular complexity index is 753. The molecule has 1 aromatic heterocycles. The Morgan fingerprint density at radius 3 is 2.64 bits per heavy atom. The van der Waals surface area contributed by atoms with Crippen molar-refractivity contribution >= 4 is 10.0 Å². The predicted molar refractivity (Wildman–Crippen MR) is 80.7 cm³/mol. The molecule has 0 N–H and O–H groups in total. The van der Waals surface area contributed by atoms with Crippen molar-refractivity contribution in [2.75, 3.05) is 6.54 Å². The van der Waals surface area contributed by atoms with Gasteiger partial charge in [-0.1, -0.05) is 24.2 Å². The van der Waals surface area contributed by atoms with Gasteiger partial charge in [-0.3, -0.25) is 0 Å². The standard InChI is InChI=1S/C15H19N3O3S/c1-3-12-6-8-13(9-7-12)22(19,20)18-10-4-5-14(18)15-16-11(2)17-21-15/h6-9,14H,3-5,10H2,1-2H3. The SMILES string of the molecule is CCc1ccc(S(=O)(=O)N2CCCC2c2nc(C)no2)cc1. The number of nitrogens with zero attached hydrogens (tertiary/aromatic N) is 3. The maximum atomic E-state index is 12.9. The van der Waals surface area contributed by atoms with E-state index >= 15 is 0 Å². The molecular formula is C15H19N3O3S. The zero-order valence-corrected chi connectivity index (χ0v) is 13.5. The van der Waals surface area contributed by atoms with E-state index in [-0.39, 0.29) is 6.04 Å². The van der Waals surface area contributed by atoms with Crippen molar-refractivity contribution in [3.63, 3.8) is 0 Å². The smallest absolute Gasteiger partial charge is 0.245 e. The summed E-state index contributed by atoms with van der Waals surface area (Å²) in [6, 6.07) is 6.69. The van der Waals surface area contributed by atoms with Gasteiger partial charge in [0.1, 0.15) is 6.04 Å². The van der Waals surface area contributed by atoms with Gasteiger partial charge in [0, 0.05) is 6.54 Å². The van der Waals surface area contributed by atoms with Crippen LogP contribution in [0.4, 0.5) is 0 Å². The summed E-state index contributed by atoms with van der Waals surface area (Å²) in [5.74, 6) is 0.898. The van der Waals surface area contributed by atoms with Gasteiger partial charge in [0.05, 0.1) is 4.90 Å². The molecule has 118 valence electrons. The second-order valence-corrected chi connectivity index (χ2v) is 7.34. The third-order valence-electron chi connectivity index (χ3n) is 3.97. The molecule has 0 spiro atoms. The number of aromatic nitrogens is 2. The maximum absolute atomic E-state index is 12.9. The summed E-state index contributed by atoms with van der Waals surface area (Å²) in [6.07, 6.45) is 2.38. The fraction of sp³-hybridized carbons (Fsp3) is 0.467. The first-order valence-electron chi connectivity index (χ1n) is 7.43. The molecule has 1 aliphatic rings. The molecule has 0 amide bonds. The third-order valence-corrected chi connectivity index (χ3v) is 5.89. The minimum absolute atomic E-state index is 0.313. The van der Waals surface area contributed by atoms with Crippen molar-refractivity contribution in [2.45, 2.75) is 44.0 Å². The molecule has 1 aromatic carbocycles. The first kappa shape index (κ1) is 15.2. The molecule has 0 saturated carbocycles. The first-order valence-corrected chi connectivity index (χ1v) is 8.87. The van der Waals surface area contributed by atoms with Crippen LogP contribution in [-0.2, 0) is 16.4 Å². The molecule has 22 heavy (non-hydrogen) atoms. The molecule has 1 atom stereocenters. The fourth-order valence-electron chi connectivity index (χ4n) is 2.76. The second kappa shape index (κ2) is 5.81. The van der Waals surface area contributed by atoms with E-state index in [4.69, 9.17) is 4.52 Å². The van der Waals surface area contributed by atoms with Crippen LogP contribution in [0, 0.1) is 6.92 Å². The minimum Gasteiger partial charge on any atom is -0.338 e. The Morgan fingerprint density at radius 2 is 2.05 bits per heavy atom. The highest BCUT2D eigenvalue weighted by atomic mass is 32.2. The van der Waals surface area contributed by atoms with Crippen LogP contribution in [0.2, 0.25) is 0 Å². The molecule has 0 aliphatic carbocycles. The molecule has 6 nitrogen and oxygen atoms in total. The largest absolute Gasteiger partial charge is 0.338 e. The van der Waals surface area contributed by atoms with Crippen molar-refractivity contribution in [1.82, 2.24) is 14.4 Å². The van der Waals surface area contributed by atoms with Crippen molar-refractivity contribution < 1.29 is 12.9 Å². The van der Waals surface area contributed by atoms with E-state index in [1.54, 1.807) is 19.1 Å². The molecule has 3 rings (SSSR count). The third kappa shape index (κ3) is 2.66. The van der Waals surface area contributed by atoms with Crippen LogP contribution in [0.1, 0.15) is 43.1 Å². The molecule has 1 fully saturated rings. The Balaban J connectivity index is 1.93. The van der Waals surface area contributed by atoms with Gasteiger partial charge in [0.2, 0.25) is 15.9 Å². The lowest BCUT2D eigenvalue weighted by Crippen LogP contribution is -2.30. The summed E-state index contributed by atoms with van der Waals surface area (Å²) in [4.78, 5) is 4.51. The molecule has 1 aliphatic heterocycles. The summed E-state index contributed by atoms with van der Waals surface area (Å²) in [5, 5.41) is 3.77. The molecule has 1 unspecified atom stereocenters. The van der Waals surface area contributed by atoms with Crippen molar-refractivity contribution in [2.24, 2.45) is 0 Å². The highest BCUT2D eigenvalue weighted by Crippen LogP contribution is 2.35. The average molecular weight is 321 g/mol. The van der Waals surface area contributed by atoms with Crippen LogP contribution < -0.4 is 0 Å². The highest BCUT2D eigenvalue weighted by molar-refractivity contribution is 7.89. The molecule has 1 saturated heterocycles. The lowest BCUT2D eigenvalue weighted by Gasteiger charge is -2.21. The Labute approximate surface area is 130 Å².